The quantitative estimate of drug-likeness (QED) is 0.922. The summed E-state index contributed by atoms with van der Waals surface area (Å²) in [6, 6.07) is 3.47. The summed E-state index contributed by atoms with van der Waals surface area (Å²) >= 11 is 6.07. The van der Waals surface area contributed by atoms with Crippen LogP contribution in [0.3, 0.4) is 0 Å². The molecule has 1 aromatic rings. The topological polar surface area (TPSA) is 45.2 Å². The molecule has 19 heavy (non-hydrogen) atoms. The van der Waals surface area contributed by atoms with Crippen LogP contribution in [-0.4, -0.2) is 35.9 Å². The van der Waals surface area contributed by atoms with E-state index in [1.807, 2.05) is 6.92 Å². The second-order valence-corrected chi connectivity index (χ2v) is 6.19. The lowest BCUT2D eigenvalue weighted by Gasteiger charge is -2.26. The van der Waals surface area contributed by atoms with Gasteiger partial charge >= 0.3 is 0 Å². The Morgan fingerprint density at radius 3 is 2.58 bits per heavy atom. The van der Waals surface area contributed by atoms with Crippen LogP contribution in [0, 0.1) is 5.41 Å². The second kappa shape index (κ2) is 6.24. The minimum absolute atomic E-state index is 0.0379. The van der Waals surface area contributed by atoms with Crippen molar-refractivity contribution in [3.63, 3.8) is 0 Å². The SMILES string of the molecule is CCNc1ccc(Cl)c(C(=O)N(C)CC(C)(C)C)n1. The largest absolute Gasteiger partial charge is 0.370 e. The first kappa shape index (κ1) is 15.8. The molecule has 0 aliphatic rings. The van der Waals surface area contributed by atoms with Crippen molar-refractivity contribution in [2.45, 2.75) is 27.7 Å². The van der Waals surface area contributed by atoms with Crippen LogP contribution in [0.15, 0.2) is 12.1 Å². The molecular formula is C14H22ClN3O. The highest BCUT2D eigenvalue weighted by Gasteiger charge is 2.22. The van der Waals surface area contributed by atoms with Gasteiger partial charge < -0.3 is 10.2 Å². The number of nitrogens with zero attached hydrogens (tertiary/aromatic N) is 2. The number of pyridine rings is 1. The smallest absolute Gasteiger partial charge is 0.273 e. The number of nitrogens with one attached hydrogen (secondary N) is 1. The fraction of sp³-hybridized carbons (Fsp3) is 0.571. The van der Waals surface area contributed by atoms with Gasteiger partial charge in [-0.25, -0.2) is 4.98 Å². The summed E-state index contributed by atoms with van der Waals surface area (Å²) in [5, 5.41) is 3.46. The van der Waals surface area contributed by atoms with Crippen molar-refractivity contribution >= 4 is 23.3 Å². The molecule has 106 valence electrons. The van der Waals surface area contributed by atoms with Gasteiger partial charge in [0.1, 0.15) is 11.5 Å². The maximum Gasteiger partial charge on any atom is 0.273 e. The Morgan fingerprint density at radius 1 is 1.42 bits per heavy atom. The number of halogens is 1. The fourth-order valence-corrected chi connectivity index (χ4v) is 2.02. The zero-order valence-corrected chi connectivity index (χ0v) is 13.0. The van der Waals surface area contributed by atoms with Crippen LogP contribution >= 0.6 is 11.6 Å². The van der Waals surface area contributed by atoms with Crippen LogP contribution in [0.1, 0.15) is 38.2 Å². The van der Waals surface area contributed by atoms with E-state index in [2.05, 4.69) is 31.1 Å². The Morgan fingerprint density at radius 2 is 2.05 bits per heavy atom. The van der Waals surface area contributed by atoms with Crippen molar-refractivity contribution in [3.8, 4) is 0 Å². The van der Waals surface area contributed by atoms with E-state index in [9.17, 15) is 4.79 Å². The summed E-state index contributed by atoms with van der Waals surface area (Å²) in [6.45, 7) is 9.63. The minimum Gasteiger partial charge on any atom is -0.370 e. The molecule has 0 saturated carbocycles. The van der Waals surface area contributed by atoms with Crippen molar-refractivity contribution in [1.29, 1.82) is 0 Å². The molecule has 4 nitrogen and oxygen atoms in total. The molecule has 1 heterocycles. The van der Waals surface area contributed by atoms with E-state index in [0.717, 1.165) is 6.54 Å². The molecule has 1 rings (SSSR count). The van der Waals surface area contributed by atoms with Crippen molar-refractivity contribution in [3.05, 3.63) is 22.8 Å². The van der Waals surface area contributed by atoms with Crippen molar-refractivity contribution in [2.24, 2.45) is 5.41 Å². The number of carbonyl (C=O) groups excluding carboxylic acids is 1. The molecule has 1 amide bonds. The van der Waals surface area contributed by atoms with Crippen molar-refractivity contribution in [2.75, 3.05) is 25.5 Å². The average molecular weight is 284 g/mol. The zero-order valence-electron chi connectivity index (χ0n) is 12.2. The Hall–Kier alpha value is -1.29. The van der Waals surface area contributed by atoms with Gasteiger partial charge in [-0.15, -0.1) is 0 Å². The van der Waals surface area contributed by atoms with Crippen LogP contribution in [0.5, 0.6) is 0 Å². The van der Waals surface area contributed by atoms with Crippen LogP contribution in [0.25, 0.3) is 0 Å². The highest BCUT2D eigenvalue weighted by molar-refractivity contribution is 6.33. The molecule has 0 spiro atoms. The normalized spacial score (nSPS) is 11.3. The highest BCUT2D eigenvalue weighted by atomic mass is 35.5. The van der Waals surface area contributed by atoms with Crippen molar-refractivity contribution < 1.29 is 4.79 Å². The van der Waals surface area contributed by atoms with Crippen LogP contribution in [0.2, 0.25) is 5.02 Å². The summed E-state index contributed by atoms with van der Waals surface area (Å²) in [7, 11) is 1.77. The van der Waals surface area contributed by atoms with Gasteiger partial charge in [0.2, 0.25) is 0 Å². The average Bonchev–Trinajstić information content (AvgIpc) is 2.29. The molecule has 5 heteroatoms. The fourth-order valence-electron chi connectivity index (χ4n) is 1.84. The zero-order chi connectivity index (χ0) is 14.6. The van der Waals surface area contributed by atoms with Gasteiger partial charge in [-0.2, -0.15) is 0 Å². The Labute approximate surface area is 120 Å². The number of carbonyl (C=O) groups is 1. The standard InChI is InChI=1S/C14H22ClN3O/c1-6-16-11-8-7-10(15)12(17-11)13(19)18(5)9-14(2,3)4/h7-8H,6,9H2,1-5H3,(H,16,17). The summed E-state index contributed by atoms with van der Waals surface area (Å²) in [6.07, 6.45) is 0. The van der Waals surface area contributed by atoms with E-state index < -0.39 is 0 Å². The summed E-state index contributed by atoms with van der Waals surface area (Å²) in [5.74, 6) is 0.513. The molecule has 1 N–H and O–H groups in total. The van der Waals surface area contributed by atoms with Gasteiger partial charge in [0.05, 0.1) is 5.02 Å². The van der Waals surface area contributed by atoms with Gasteiger partial charge in [-0.3, -0.25) is 4.79 Å². The monoisotopic (exact) mass is 283 g/mol. The van der Waals surface area contributed by atoms with Gasteiger partial charge in [-0.1, -0.05) is 32.4 Å². The molecule has 0 aliphatic heterocycles. The maximum absolute atomic E-state index is 12.4. The number of hydrogen-bond acceptors (Lipinski definition) is 3. The van der Waals surface area contributed by atoms with Crippen LogP contribution in [0.4, 0.5) is 5.82 Å². The first-order chi connectivity index (χ1) is 8.74. The van der Waals surface area contributed by atoms with Crippen LogP contribution < -0.4 is 5.32 Å². The number of rotatable bonds is 4. The molecule has 0 radical (unpaired) electrons. The third-order valence-electron chi connectivity index (χ3n) is 2.46. The lowest BCUT2D eigenvalue weighted by molar-refractivity contribution is 0.0740. The van der Waals surface area contributed by atoms with E-state index >= 15 is 0 Å². The molecule has 0 unspecified atom stereocenters. The number of hydrogen-bond donors (Lipinski definition) is 1. The maximum atomic E-state index is 12.4. The molecule has 0 atom stereocenters. The van der Waals surface area contributed by atoms with Gasteiger partial charge in [0.15, 0.2) is 0 Å². The molecular weight excluding hydrogens is 262 g/mol. The molecule has 0 bridgehead atoms. The second-order valence-electron chi connectivity index (χ2n) is 5.78. The van der Waals surface area contributed by atoms with E-state index in [1.165, 1.54) is 0 Å². The Kier molecular flexibility index (Phi) is 5.18. The lowest BCUT2D eigenvalue weighted by Crippen LogP contribution is -2.35. The van der Waals surface area contributed by atoms with Crippen LogP contribution in [-0.2, 0) is 0 Å². The molecule has 0 aliphatic carbocycles. The molecule has 0 saturated heterocycles. The summed E-state index contributed by atoms with van der Waals surface area (Å²) in [4.78, 5) is 18.3. The Bertz CT molecular complexity index is 454. The molecule has 1 aromatic heterocycles. The lowest BCUT2D eigenvalue weighted by atomic mass is 9.96. The van der Waals surface area contributed by atoms with Crippen molar-refractivity contribution in [1.82, 2.24) is 9.88 Å². The minimum atomic E-state index is -0.153. The molecule has 0 aromatic carbocycles. The third kappa shape index (κ3) is 4.71. The van der Waals surface area contributed by atoms with Gasteiger partial charge in [0, 0.05) is 20.1 Å². The van der Waals surface area contributed by atoms with E-state index in [4.69, 9.17) is 11.6 Å². The van der Waals surface area contributed by atoms with Gasteiger partial charge in [0.25, 0.3) is 5.91 Å². The summed E-state index contributed by atoms with van der Waals surface area (Å²) < 4.78 is 0. The van der Waals surface area contributed by atoms with E-state index in [0.29, 0.717) is 23.1 Å². The first-order valence-corrected chi connectivity index (χ1v) is 6.78. The number of aromatic nitrogens is 1. The van der Waals surface area contributed by atoms with E-state index in [-0.39, 0.29) is 11.3 Å². The number of anilines is 1. The Balaban J connectivity index is 2.95. The predicted molar refractivity (Wildman–Crippen MR) is 79.8 cm³/mol. The summed E-state index contributed by atoms with van der Waals surface area (Å²) in [5.41, 5.74) is 0.336. The highest BCUT2D eigenvalue weighted by Crippen LogP contribution is 2.20. The number of amides is 1. The first-order valence-electron chi connectivity index (χ1n) is 6.40. The molecule has 0 fully saturated rings. The van der Waals surface area contributed by atoms with Gasteiger partial charge in [-0.05, 0) is 24.5 Å². The predicted octanol–water partition coefficient (Wildman–Crippen LogP) is 3.28. The third-order valence-corrected chi connectivity index (χ3v) is 2.77. The van der Waals surface area contributed by atoms with E-state index in [1.54, 1.807) is 24.1 Å².